The molecule has 2 aromatic rings. The number of amides is 2. The van der Waals surface area contributed by atoms with Gasteiger partial charge in [-0.15, -0.1) is 11.3 Å². The van der Waals surface area contributed by atoms with Crippen LogP contribution in [0.4, 0.5) is 0 Å². The predicted molar refractivity (Wildman–Crippen MR) is 87.7 cm³/mol. The summed E-state index contributed by atoms with van der Waals surface area (Å²) in [5, 5.41) is 6.02. The highest BCUT2D eigenvalue weighted by Crippen LogP contribution is 2.28. The average molecular weight is 320 g/mol. The fraction of sp³-hybridized carbons (Fsp3) is 0.400. The van der Waals surface area contributed by atoms with Gasteiger partial charge < -0.3 is 10.6 Å². The molecule has 2 rings (SSSR count). The zero-order valence-corrected chi connectivity index (χ0v) is 13.7. The largest absolute Gasteiger partial charge is 0.358 e. The summed E-state index contributed by atoms with van der Waals surface area (Å²) in [7, 11) is 3.41. The van der Waals surface area contributed by atoms with Crippen molar-refractivity contribution in [1.82, 2.24) is 20.5 Å². The molecule has 118 valence electrons. The van der Waals surface area contributed by atoms with Gasteiger partial charge in [0.1, 0.15) is 5.01 Å². The number of rotatable bonds is 6. The van der Waals surface area contributed by atoms with Crippen LogP contribution in [0.3, 0.4) is 0 Å². The molecule has 0 unspecified atom stereocenters. The molecule has 6 nitrogen and oxygen atoms in total. The first-order valence-corrected chi connectivity index (χ1v) is 7.86. The minimum Gasteiger partial charge on any atom is -0.358 e. The number of nitrogens with one attached hydrogen (secondary N) is 2. The zero-order valence-electron chi connectivity index (χ0n) is 12.9. The molecule has 7 heteroatoms. The second-order valence-corrected chi connectivity index (χ2v) is 6.12. The van der Waals surface area contributed by atoms with E-state index in [1.54, 1.807) is 11.3 Å². The number of hydrogen-bond acceptors (Lipinski definition) is 5. The quantitative estimate of drug-likeness (QED) is 0.837. The highest BCUT2D eigenvalue weighted by molar-refractivity contribution is 7.18. The first-order chi connectivity index (χ1) is 10.5. The van der Waals surface area contributed by atoms with Crippen molar-refractivity contribution in [3.63, 3.8) is 0 Å². The number of hydrogen-bond donors (Lipinski definition) is 2. The van der Waals surface area contributed by atoms with Gasteiger partial charge in [0.05, 0.1) is 29.3 Å². The zero-order chi connectivity index (χ0) is 16.1. The first kappa shape index (κ1) is 16.4. The van der Waals surface area contributed by atoms with Crippen LogP contribution >= 0.6 is 11.3 Å². The van der Waals surface area contributed by atoms with Crippen LogP contribution in [0.2, 0.25) is 0 Å². The number of carbonyl (C=O) groups excluding carboxylic acids is 2. The van der Waals surface area contributed by atoms with Crippen LogP contribution in [0.15, 0.2) is 24.3 Å². The van der Waals surface area contributed by atoms with E-state index in [1.807, 2.05) is 43.1 Å². The van der Waals surface area contributed by atoms with Crippen molar-refractivity contribution in [2.45, 2.75) is 13.0 Å². The van der Waals surface area contributed by atoms with E-state index in [0.29, 0.717) is 0 Å². The first-order valence-electron chi connectivity index (χ1n) is 7.04. The van der Waals surface area contributed by atoms with E-state index in [-0.39, 0.29) is 30.9 Å². The highest BCUT2D eigenvalue weighted by atomic mass is 32.1. The second-order valence-electron chi connectivity index (χ2n) is 5.06. The maximum Gasteiger partial charge on any atom is 0.239 e. The Kier molecular flexibility index (Phi) is 5.46. The van der Waals surface area contributed by atoms with Crippen molar-refractivity contribution in [3.8, 4) is 0 Å². The molecule has 0 aliphatic heterocycles. The van der Waals surface area contributed by atoms with Crippen LogP contribution in [0.5, 0.6) is 0 Å². The number of benzene rings is 1. The lowest BCUT2D eigenvalue weighted by Crippen LogP contribution is -2.40. The van der Waals surface area contributed by atoms with Crippen molar-refractivity contribution >= 4 is 33.4 Å². The van der Waals surface area contributed by atoms with E-state index < -0.39 is 0 Å². The van der Waals surface area contributed by atoms with E-state index in [0.717, 1.165) is 15.2 Å². The lowest BCUT2D eigenvalue weighted by Gasteiger charge is -2.22. The monoisotopic (exact) mass is 320 g/mol. The third kappa shape index (κ3) is 4.02. The normalized spacial score (nSPS) is 12.4. The Bertz CT molecular complexity index is 637. The van der Waals surface area contributed by atoms with Crippen molar-refractivity contribution < 1.29 is 9.59 Å². The molecule has 0 saturated carbocycles. The Morgan fingerprint density at radius 3 is 2.73 bits per heavy atom. The average Bonchev–Trinajstić information content (AvgIpc) is 2.95. The van der Waals surface area contributed by atoms with Gasteiger partial charge >= 0.3 is 0 Å². The molecule has 22 heavy (non-hydrogen) atoms. The van der Waals surface area contributed by atoms with Gasteiger partial charge in [-0.3, -0.25) is 14.5 Å². The van der Waals surface area contributed by atoms with Gasteiger partial charge in [-0.2, -0.15) is 0 Å². The summed E-state index contributed by atoms with van der Waals surface area (Å²) in [6, 6.07) is 8.01. The van der Waals surface area contributed by atoms with Crippen molar-refractivity contribution in [3.05, 3.63) is 29.3 Å². The molecule has 0 spiro atoms. The molecule has 0 fully saturated rings. The molecule has 1 aromatic carbocycles. The molecule has 0 radical (unpaired) electrons. The number of nitrogens with zero attached hydrogens (tertiary/aromatic N) is 2. The van der Waals surface area contributed by atoms with Gasteiger partial charge in [0.25, 0.3) is 0 Å². The van der Waals surface area contributed by atoms with Crippen LogP contribution in [-0.2, 0) is 9.59 Å². The number of aromatic nitrogens is 1. The Hall–Kier alpha value is -1.99. The van der Waals surface area contributed by atoms with E-state index >= 15 is 0 Å². The van der Waals surface area contributed by atoms with Gasteiger partial charge in [-0.1, -0.05) is 12.1 Å². The third-order valence-electron chi connectivity index (χ3n) is 3.45. The highest BCUT2D eigenvalue weighted by Gasteiger charge is 2.18. The number of thiazole rings is 1. The van der Waals surface area contributed by atoms with Gasteiger partial charge in [0.2, 0.25) is 11.8 Å². The summed E-state index contributed by atoms with van der Waals surface area (Å²) in [5.74, 6) is -0.394. The molecule has 1 heterocycles. The van der Waals surface area contributed by atoms with Gasteiger partial charge in [0.15, 0.2) is 0 Å². The van der Waals surface area contributed by atoms with E-state index in [1.165, 1.54) is 7.05 Å². The maximum atomic E-state index is 11.8. The lowest BCUT2D eigenvalue weighted by atomic mass is 10.3. The van der Waals surface area contributed by atoms with Crippen LogP contribution in [0.25, 0.3) is 10.2 Å². The molecule has 0 bridgehead atoms. The fourth-order valence-electron chi connectivity index (χ4n) is 1.94. The lowest BCUT2D eigenvalue weighted by molar-refractivity contribution is -0.126. The van der Waals surface area contributed by atoms with Gasteiger partial charge in [0, 0.05) is 7.05 Å². The smallest absolute Gasteiger partial charge is 0.239 e. The second kappa shape index (κ2) is 7.33. The van der Waals surface area contributed by atoms with Crippen LogP contribution in [-0.4, -0.2) is 48.9 Å². The maximum absolute atomic E-state index is 11.8. The Morgan fingerprint density at radius 2 is 2.05 bits per heavy atom. The SMILES string of the molecule is CNC(=O)CNC(=O)CN(C)[C@H](C)c1nc2ccccc2s1. The molecule has 2 amide bonds. The molecule has 0 aliphatic carbocycles. The number of fused-ring (bicyclic) bond motifs is 1. The minimum atomic E-state index is -0.213. The summed E-state index contributed by atoms with van der Waals surface area (Å²) in [6.07, 6.45) is 0. The van der Waals surface area contributed by atoms with Gasteiger partial charge in [-0.05, 0) is 26.1 Å². The predicted octanol–water partition coefficient (Wildman–Crippen LogP) is 1.15. The molecule has 1 atom stereocenters. The van der Waals surface area contributed by atoms with Crippen molar-refractivity contribution in [1.29, 1.82) is 0 Å². The third-order valence-corrected chi connectivity index (χ3v) is 4.65. The van der Waals surface area contributed by atoms with Crippen LogP contribution in [0, 0.1) is 0 Å². The summed E-state index contributed by atoms with van der Waals surface area (Å²) in [4.78, 5) is 29.5. The standard InChI is InChI=1S/C15H20N4O2S/c1-10(15-18-11-6-4-5-7-12(11)22-15)19(3)9-14(21)17-8-13(20)16-2/h4-7,10H,8-9H2,1-3H3,(H,16,20)(H,17,21)/t10-/m1/s1. The Balaban J connectivity index is 1.95. The number of carbonyl (C=O) groups is 2. The molecule has 0 saturated heterocycles. The van der Waals surface area contributed by atoms with Gasteiger partial charge in [-0.25, -0.2) is 4.98 Å². The van der Waals surface area contributed by atoms with Crippen LogP contribution in [0.1, 0.15) is 18.0 Å². The molecular weight excluding hydrogens is 300 g/mol. The number of para-hydroxylation sites is 1. The van der Waals surface area contributed by atoms with E-state index in [2.05, 4.69) is 15.6 Å². The summed E-state index contributed by atoms with van der Waals surface area (Å²) in [5.41, 5.74) is 0.979. The molecular formula is C15H20N4O2S. The van der Waals surface area contributed by atoms with Crippen LogP contribution < -0.4 is 10.6 Å². The Morgan fingerprint density at radius 1 is 1.32 bits per heavy atom. The van der Waals surface area contributed by atoms with Crippen molar-refractivity contribution in [2.75, 3.05) is 27.2 Å². The fourth-order valence-corrected chi connectivity index (χ4v) is 3.03. The van der Waals surface area contributed by atoms with Crippen molar-refractivity contribution in [2.24, 2.45) is 0 Å². The topological polar surface area (TPSA) is 74.3 Å². The van der Waals surface area contributed by atoms with E-state index in [9.17, 15) is 9.59 Å². The Labute approximate surface area is 133 Å². The molecule has 0 aliphatic rings. The summed E-state index contributed by atoms with van der Waals surface area (Å²) in [6.45, 7) is 2.23. The molecule has 1 aromatic heterocycles. The van der Waals surface area contributed by atoms with E-state index in [4.69, 9.17) is 0 Å². The summed E-state index contributed by atoms with van der Waals surface area (Å²) >= 11 is 1.63. The number of likely N-dealkylation sites (N-methyl/N-ethyl adjacent to an activating group) is 2. The summed E-state index contributed by atoms with van der Waals surface area (Å²) < 4.78 is 1.14. The minimum absolute atomic E-state index is 0.00130. The molecule has 2 N–H and O–H groups in total.